The van der Waals surface area contributed by atoms with E-state index in [0.717, 1.165) is 16.0 Å². The van der Waals surface area contributed by atoms with Crippen LogP contribution >= 0.6 is 23.1 Å². The van der Waals surface area contributed by atoms with E-state index in [-0.39, 0.29) is 29.0 Å². The molecule has 0 spiro atoms. The summed E-state index contributed by atoms with van der Waals surface area (Å²) in [5.74, 6) is -0.116. The largest absolute Gasteiger partial charge is 0.372 e. The average Bonchev–Trinajstić information content (AvgIpc) is 3.20. The van der Waals surface area contributed by atoms with Crippen molar-refractivity contribution in [3.63, 3.8) is 0 Å². The number of hydrogen-bond donors (Lipinski definition) is 0. The lowest BCUT2D eigenvalue weighted by atomic mass is 9.96. The summed E-state index contributed by atoms with van der Waals surface area (Å²) >= 11 is 2.71. The van der Waals surface area contributed by atoms with Crippen molar-refractivity contribution in [1.29, 1.82) is 0 Å². The van der Waals surface area contributed by atoms with Crippen molar-refractivity contribution in [1.82, 2.24) is 9.55 Å². The fourth-order valence-corrected chi connectivity index (χ4v) is 6.35. The Hall–Kier alpha value is -2.81. The zero-order valence-electron chi connectivity index (χ0n) is 19.7. The van der Waals surface area contributed by atoms with Gasteiger partial charge in [0.25, 0.3) is 5.56 Å². The number of rotatable bonds is 6. The molecule has 0 radical (unpaired) electrons. The number of fused-ring (bicyclic) bond motifs is 3. The van der Waals surface area contributed by atoms with E-state index in [1.54, 1.807) is 4.57 Å². The fraction of sp³-hybridized carbons (Fsp3) is 0.296. The molecule has 0 unspecified atom stereocenters. The highest BCUT2D eigenvalue weighted by molar-refractivity contribution is 7.99. The number of carbonyl (C=O) groups is 1. The Kier molecular flexibility index (Phi) is 6.61. The van der Waals surface area contributed by atoms with Crippen LogP contribution in [0.25, 0.3) is 15.9 Å². The van der Waals surface area contributed by atoms with Gasteiger partial charge in [-0.1, -0.05) is 37.7 Å². The first-order chi connectivity index (χ1) is 16.8. The van der Waals surface area contributed by atoms with Crippen LogP contribution in [0.15, 0.2) is 58.5 Å². The van der Waals surface area contributed by atoms with Crippen molar-refractivity contribution in [2.45, 2.75) is 45.1 Å². The summed E-state index contributed by atoms with van der Waals surface area (Å²) in [6.07, 6.45) is 0.752. The number of nitrogens with zero attached hydrogens (tertiary/aromatic N) is 2. The van der Waals surface area contributed by atoms with Crippen LogP contribution in [0.3, 0.4) is 0 Å². The smallest absolute Gasteiger partial charge is 0.267 e. The topological polar surface area (TPSA) is 61.2 Å². The quantitative estimate of drug-likeness (QED) is 0.183. The van der Waals surface area contributed by atoms with Gasteiger partial charge in [-0.05, 0) is 60.4 Å². The molecule has 1 aliphatic heterocycles. The average molecular weight is 509 g/mol. The first-order valence-electron chi connectivity index (χ1n) is 11.5. The lowest BCUT2D eigenvalue weighted by Gasteiger charge is -2.26. The third kappa shape index (κ3) is 4.70. The van der Waals surface area contributed by atoms with Crippen LogP contribution in [0.4, 0.5) is 4.39 Å². The summed E-state index contributed by atoms with van der Waals surface area (Å²) in [6.45, 7) is 6.71. The molecule has 5 rings (SSSR count). The highest BCUT2D eigenvalue weighted by Gasteiger charge is 2.29. The number of thioether (sulfide) groups is 1. The molecule has 180 valence electrons. The molecule has 2 aromatic heterocycles. The number of Topliss-reactive ketones (excluding diaryl/α,β-unsaturated/α-hetero) is 1. The Morgan fingerprint density at radius 2 is 2.03 bits per heavy atom. The predicted molar refractivity (Wildman–Crippen MR) is 139 cm³/mol. The van der Waals surface area contributed by atoms with Gasteiger partial charge >= 0.3 is 0 Å². The van der Waals surface area contributed by atoms with Gasteiger partial charge in [0, 0.05) is 16.9 Å². The van der Waals surface area contributed by atoms with Gasteiger partial charge in [0.15, 0.2) is 10.9 Å². The van der Waals surface area contributed by atoms with Crippen LogP contribution in [-0.2, 0) is 17.8 Å². The molecule has 4 aromatic rings. The molecule has 5 nitrogen and oxygen atoms in total. The molecule has 0 N–H and O–H groups in total. The summed E-state index contributed by atoms with van der Waals surface area (Å²) in [7, 11) is 0. The molecule has 0 saturated heterocycles. The second kappa shape index (κ2) is 9.68. The number of benzene rings is 2. The third-order valence-electron chi connectivity index (χ3n) is 6.21. The van der Waals surface area contributed by atoms with Crippen LogP contribution in [0.1, 0.15) is 40.2 Å². The van der Waals surface area contributed by atoms with Gasteiger partial charge in [-0.2, -0.15) is 0 Å². The van der Waals surface area contributed by atoms with Gasteiger partial charge in [-0.15, -0.1) is 11.3 Å². The Morgan fingerprint density at radius 3 is 2.74 bits per heavy atom. The summed E-state index contributed by atoms with van der Waals surface area (Å²) < 4.78 is 20.9. The lowest BCUT2D eigenvalue weighted by Crippen LogP contribution is -2.28. The summed E-state index contributed by atoms with van der Waals surface area (Å²) in [4.78, 5) is 33.3. The Labute approximate surface area is 211 Å². The van der Waals surface area contributed by atoms with E-state index >= 15 is 0 Å². The van der Waals surface area contributed by atoms with Crippen LogP contribution in [-0.4, -0.2) is 27.2 Å². The number of hydrogen-bond acceptors (Lipinski definition) is 6. The van der Waals surface area contributed by atoms with E-state index in [0.29, 0.717) is 45.6 Å². The van der Waals surface area contributed by atoms with Gasteiger partial charge in [-0.3, -0.25) is 14.2 Å². The van der Waals surface area contributed by atoms with E-state index in [2.05, 4.69) is 13.8 Å². The van der Waals surface area contributed by atoms with Crippen LogP contribution in [0.2, 0.25) is 0 Å². The molecule has 0 saturated carbocycles. The molecule has 8 heteroatoms. The van der Waals surface area contributed by atoms with Gasteiger partial charge in [0.2, 0.25) is 0 Å². The summed E-state index contributed by atoms with van der Waals surface area (Å²) in [5, 5.41) is 1.11. The van der Waals surface area contributed by atoms with Crippen molar-refractivity contribution < 1.29 is 13.9 Å². The highest BCUT2D eigenvalue weighted by Crippen LogP contribution is 2.36. The fourth-order valence-electron chi connectivity index (χ4n) is 4.28. The molecule has 0 fully saturated rings. The van der Waals surface area contributed by atoms with Gasteiger partial charge in [-0.25, -0.2) is 9.37 Å². The van der Waals surface area contributed by atoms with Crippen LogP contribution in [0, 0.1) is 18.7 Å². The Morgan fingerprint density at radius 1 is 1.26 bits per heavy atom. The zero-order chi connectivity index (χ0) is 24.7. The van der Waals surface area contributed by atoms with Gasteiger partial charge in [0.05, 0.1) is 29.5 Å². The number of thiophene rings is 1. The number of aryl methyl sites for hydroxylation is 1. The molecule has 0 amide bonds. The summed E-state index contributed by atoms with van der Waals surface area (Å²) in [5.41, 5.74) is 3.07. The van der Waals surface area contributed by atoms with E-state index in [1.165, 1.54) is 47.4 Å². The SMILES string of the molecule is Cc1cccc(-n2c(SCC(=O)c3ccc(F)cc3)nc3sc4c(c3c2=O)C[C@@H](C(C)C)OC4)c1. The number of halogens is 1. The van der Waals surface area contributed by atoms with Crippen molar-refractivity contribution in [2.75, 3.05) is 5.75 Å². The number of aromatic nitrogens is 2. The molecule has 0 bridgehead atoms. The molecule has 3 heterocycles. The molecule has 0 aliphatic carbocycles. The Bertz CT molecular complexity index is 1470. The third-order valence-corrected chi connectivity index (χ3v) is 8.25. The molecule has 35 heavy (non-hydrogen) atoms. The standard InChI is InChI=1S/C27H25FN2O3S2/c1-15(2)22-12-20-23(13-33-22)35-25-24(20)26(32)30(19-6-4-5-16(3)11-19)27(29-25)34-14-21(31)17-7-9-18(28)10-8-17/h4-11,15,22H,12-14H2,1-3H3/t22-/m0/s1. The maximum atomic E-state index is 14.0. The van der Waals surface area contributed by atoms with Crippen molar-refractivity contribution >= 4 is 39.1 Å². The minimum atomic E-state index is -0.389. The first-order valence-corrected chi connectivity index (χ1v) is 13.3. The maximum absolute atomic E-state index is 14.0. The van der Waals surface area contributed by atoms with E-state index in [1.807, 2.05) is 31.2 Å². The van der Waals surface area contributed by atoms with Gasteiger partial charge < -0.3 is 4.74 Å². The van der Waals surface area contributed by atoms with E-state index in [4.69, 9.17) is 9.72 Å². The lowest BCUT2D eigenvalue weighted by molar-refractivity contribution is 0.00200. The normalized spacial score (nSPS) is 15.5. The zero-order valence-corrected chi connectivity index (χ0v) is 21.3. The highest BCUT2D eigenvalue weighted by atomic mass is 32.2. The van der Waals surface area contributed by atoms with Crippen molar-refractivity contribution in [2.24, 2.45) is 5.92 Å². The maximum Gasteiger partial charge on any atom is 0.267 e. The predicted octanol–water partition coefficient (Wildman–Crippen LogP) is 5.97. The number of ketones is 1. The first kappa shape index (κ1) is 23.9. The molecule has 1 atom stereocenters. The second-order valence-corrected chi connectivity index (χ2v) is 11.1. The molecule has 2 aromatic carbocycles. The molecular weight excluding hydrogens is 483 g/mol. The molecule has 1 aliphatic rings. The second-order valence-electron chi connectivity index (χ2n) is 9.07. The minimum Gasteiger partial charge on any atom is -0.372 e. The summed E-state index contributed by atoms with van der Waals surface area (Å²) in [6, 6.07) is 13.2. The molecular formula is C27H25FN2O3S2. The van der Waals surface area contributed by atoms with Crippen LogP contribution < -0.4 is 5.56 Å². The Balaban J connectivity index is 1.60. The van der Waals surface area contributed by atoms with E-state index in [9.17, 15) is 14.0 Å². The van der Waals surface area contributed by atoms with E-state index < -0.39 is 0 Å². The van der Waals surface area contributed by atoms with Gasteiger partial charge in [0.1, 0.15) is 10.6 Å². The number of carbonyl (C=O) groups excluding carboxylic acids is 1. The monoisotopic (exact) mass is 508 g/mol. The number of ether oxygens (including phenoxy) is 1. The van der Waals surface area contributed by atoms with Crippen LogP contribution in [0.5, 0.6) is 0 Å². The van der Waals surface area contributed by atoms with Crippen molar-refractivity contribution in [3.8, 4) is 5.69 Å². The van der Waals surface area contributed by atoms with Crippen molar-refractivity contribution in [3.05, 3.63) is 86.3 Å². The minimum absolute atomic E-state index is 0.0644.